The van der Waals surface area contributed by atoms with Gasteiger partial charge in [-0.1, -0.05) is 30.3 Å². The molecule has 1 saturated heterocycles. The van der Waals surface area contributed by atoms with Crippen LogP contribution in [0.25, 0.3) is 6.08 Å². The molecule has 1 heterocycles. The Morgan fingerprint density at radius 3 is 2.63 bits per heavy atom. The van der Waals surface area contributed by atoms with Crippen molar-refractivity contribution >= 4 is 40.6 Å². The molecule has 2 amide bonds. The van der Waals surface area contributed by atoms with E-state index in [1.165, 1.54) is 0 Å². The second-order valence-electron chi connectivity index (χ2n) is 6.31. The van der Waals surface area contributed by atoms with E-state index in [1.807, 2.05) is 12.1 Å². The Hall–Kier alpha value is -3.32. The summed E-state index contributed by atoms with van der Waals surface area (Å²) in [5, 5.41) is -0.335. The molecule has 154 valence electrons. The quantitative estimate of drug-likeness (QED) is 0.351. The number of nitrogens with zero attached hydrogens (tertiary/aromatic N) is 1. The number of carbonyl (C=O) groups is 3. The lowest BCUT2D eigenvalue weighted by Crippen LogP contribution is -2.27. The summed E-state index contributed by atoms with van der Waals surface area (Å²) in [5.41, 5.74) is 2.10. The number of ether oxygens (including phenoxy) is 2. The molecule has 0 atom stereocenters. The van der Waals surface area contributed by atoms with Crippen molar-refractivity contribution in [1.29, 1.82) is 0 Å². The van der Waals surface area contributed by atoms with Crippen LogP contribution in [0.15, 0.2) is 66.1 Å². The number of hydrogen-bond acceptors (Lipinski definition) is 6. The van der Waals surface area contributed by atoms with Crippen molar-refractivity contribution in [3.8, 4) is 5.75 Å². The molecule has 0 saturated carbocycles. The van der Waals surface area contributed by atoms with Gasteiger partial charge in [-0.15, -0.1) is 6.58 Å². The minimum Gasteiger partial charge on any atom is -0.482 e. The molecule has 2 aromatic carbocycles. The maximum atomic E-state index is 12.8. The fourth-order valence-corrected chi connectivity index (χ4v) is 3.74. The number of esters is 1. The van der Waals surface area contributed by atoms with Crippen molar-refractivity contribution in [3.05, 3.63) is 77.2 Å². The van der Waals surface area contributed by atoms with Gasteiger partial charge in [-0.2, -0.15) is 0 Å². The van der Waals surface area contributed by atoms with Crippen molar-refractivity contribution in [2.45, 2.75) is 13.3 Å². The fourth-order valence-electron chi connectivity index (χ4n) is 2.90. The van der Waals surface area contributed by atoms with E-state index < -0.39 is 5.97 Å². The number of anilines is 1. The van der Waals surface area contributed by atoms with Crippen LogP contribution >= 0.6 is 11.8 Å². The van der Waals surface area contributed by atoms with Gasteiger partial charge in [0, 0.05) is 0 Å². The molecule has 0 aromatic heterocycles. The number of para-hydroxylation sites is 1. The molecular weight excluding hydrogens is 402 g/mol. The van der Waals surface area contributed by atoms with E-state index >= 15 is 0 Å². The molecule has 7 heteroatoms. The van der Waals surface area contributed by atoms with E-state index in [0.717, 1.165) is 27.8 Å². The first-order valence-electron chi connectivity index (χ1n) is 9.38. The highest BCUT2D eigenvalue weighted by molar-refractivity contribution is 8.19. The van der Waals surface area contributed by atoms with E-state index in [2.05, 4.69) is 6.58 Å². The molecule has 1 aliphatic rings. The number of rotatable bonds is 8. The Labute approximate surface area is 179 Å². The summed E-state index contributed by atoms with van der Waals surface area (Å²) in [6.07, 6.45) is 3.92. The molecule has 3 rings (SSSR count). The van der Waals surface area contributed by atoms with Gasteiger partial charge >= 0.3 is 5.97 Å². The van der Waals surface area contributed by atoms with Crippen LogP contribution < -0.4 is 9.64 Å². The summed E-state index contributed by atoms with van der Waals surface area (Å²) < 4.78 is 10.4. The Morgan fingerprint density at radius 1 is 1.17 bits per heavy atom. The Kier molecular flexibility index (Phi) is 7.08. The van der Waals surface area contributed by atoms with Crippen LogP contribution in [-0.2, 0) is 20.7 Å². The molecular formula is C23H21NO5S. The molecule has 2 aromatic rings. The van der Waals surface area contributed by atoms with Gasteiger partial charge in [0.1, 0.15) is 5.75 Å². The molecule has 1 fully saturated rings. The van der Waals surface area contributed by atoms with Crippen LogP contribution in [0.3, 0.4) is 0 Å². The zero-order chi connectivity index (χ0) is 21.5. The number of imide groups is 1. The third kappa shape index (κ3) is 4.99. The van der Waals surface area contributed by atoms with Gasteiger partial charge in [-0.05, 0) is 66.6 Å². The summed E-state index contributed by atoms with van der Waals surface area (Å²) in [5.74, 6) is -0.262. The summed E-state index contributed by atoms with van der Waals surface area (Å²) in [4.78, 5) is 38.2. The molecule has 6 nitrogen and oxygen atoms in total. The van der Waals surface area contributed by atoms with Crippen molar-refractivity contribution in [2.75, 3.05) is 18.1 Å². The summed E-state index contributed by atoms with van der Waals surface area (Å²) in [6, 6.07) is 14.2. The van der Waals surface area contributed by atoms with E-state index in [0.29, 0.717) is 29.4 Å². The van der Waals surface area contributed by atoms with Crippen LogP contribution in [0.4, 0.5) is 10.5 Å². The first-order valence-corrected chi connectivity index (χ1v) is 10.2. The van der Waals surface area contributed by atoms with Gasteiger partial charge in [0.15, 0.2) is 6.61 Å². The lowest BCUT2D eigenvalue weighted by molar-refractivity contribution is -0.145. The normalized spacial score (nSPS) is 14.8. The van der Waals surface area contributed by atoms with Crippen LogP contribution in [0.5, 0.6) is 5.75 Å². The summed E-state index contributed by atoms with van der Waals surface area (Å²) in [6.45, 7) is 5.58. The lowest BCUT2D eigenvalue weighted by atomic mass is 10.1. The summed E-state index contributed by atoms with van der Waals surface area (Å²) >= 11 is 0.900. The predicted molar refractivity (Wildman–Crippen MR) is 117 cm³/mol. The number of thioether (sulfide) groups is 1. The average molecular weight is 423 g/mol. The SMILES string of the molecule is C=CCc1cc(/C=C2\SC(=O)N(c3ccccc3)C2=O)ccc1OCC(=O)OCC. The van der Waals surface area contributed by atoms with Crippen LogP contribution in [0.2, 0.25) is 0 Å². The monoisotopic (exact) mass is 423 g/mol. The maximum Gasteiger partial charge on any atom is 0.344 e. The molecule has 0 spiro atoms. The molecule has 0 bridgehead atoms. The first-order chi connectivity index (χ1) is 14.5. The predicted octanol–water partition coefficient (Wildman–Crippen LogP) is 4.60. The Morgan fingerprint density at radius 2 is 1.93 bits per heavy atom. The average Bonchev–Trinajstić information content (AvgIpc) is 3.01. The lowest BCUT2D eigenvalue weighted by Gasteiger charge is -2.12. The molecule has 0 aliphatic carbocycles. The topological polar surface area (TPSA) is 72.9 Å². The number of amides is 2. The summed E-state index contributed by atoms with van der Waals surface area (Å²) in [7, 11) is 0. The minimum absolute atomic E-state index is 0.187. The van der Waals surface area contributed by atoms with Crippen LogP contribution in [0.1, 0.15) is 18.1 Å². The van der Waals surface area contributed by atoms with E-state index in [1.54, 1.807) is 55.5 Å². The fraction of sp³-hybridized carbons (Fsp3) is 0.174. The van der Waals surface area contributed by atoms with Gasteiger partial charge in [-0.3, -0.25) is 9.59 Å². The maximum absolute atomic E-state index is 12.8. The number of allylic oxidation sites excluding steroid dienone is 1. The number of carbonyl (C=O) groups excluding carboxylic acids is 3. The molecule has 0 radical (unpaired) electrons. The molecule has 0 N–H and O–H groups in total. The van der Waals surface area contributed by atoms with Crippen molar-refractivity contribution in [3.63, 3.8) is 0 Å². The largest absolute Gasteiger partial charge is 0.482 e. The highest BCUT2D eigenvalue weighted by atomic mass is 32.2. The van der Waals surface area contributed by atoms with Crippen molar-refractivity contribution < 1.29 is 23.9 Å². The standard InChI is InChI=1S/C23H21NO5S/c1-3-8-17-13-16(11-12-19(17)29-15-21(25)28-4-2)14-20-22(26)24(23(27)30-20)18-9-6-5-7-10-18/h3,5-7,9-14H,1,4,8,15H2,2H3/b20-14-. The molecule has 30 heavy (non-hydrogen) atoms. The Balaban J connectivity index is 1.82. The van der Waals surface area contributed by atoms with E-state index in [9.17, 15) is 14.4 Å². The van der Waals surface area contributed by atoms with Crippen LogP contribution in [-0.4, -0.2) is 30.3 Å². The zero-order valence-corrected chi connectivity index (χ0v) is 17.3. The Bertz CT molecular complexity index is 1000. The molecule has 1 aliphatic heterocycles. The third-order valence-electron chi connectivity index (χ3n) is 4.21. The minimum atomic E-state index is -0.444. The van der Waals surface area contributed by atoms with Crippen LogP contribution in [0, 0.1) is 0 Å². The van der Waals surface area contributed by atoms with Gasteiger partial charge in [0.25, 0.3) is 11.1 Å². The van der Waals surface area contributed by atoms with Gasteiger partial charge < -0.3 is 9.47 Å². The van der Waals surface area contributed by atoms with E-state index in [-0.39, 0.29) is 17.8 Å². The van der Waals surface area contributed by atoms with E-state index in [4.69, 9.17) is 9.47 Å². The van der Waals surface area contributed by atoms with Gasteiger partial charge in [0.05, 0.1) is 17.2 Å². The van der Waals surface area contributed by atoms with Crippen molar-refractivity contribution in [1.82, 2.24) is 0 Å². The third-order valence-corrected chi connectivity index (χ3v) is 5.08. The number of benzene rings is 2. The number of hydrogen-bond donors (Lipinski definition) is 0. The smallest absolute Gasteiger partial charge is 0.344 e. The van der Waals surface area contributed by atoms with Gasteiger partial charge in [-0.25, -0.2) is 9.69 Å². The second kappa shape index (κ2) is 9.93. The highest BCUT2D eigenvalue weighted by Crippen LogP contribution is 2.36. The molecule has 0 unspecified atom stereocenters. The second-order valence-corrected chi connectivity index (χ2v) is 7.30. The van der Waals surface area contributed by atoms with Gasteiger partial charge in [0.2, 0.25) is 0 Å². The highest BCUT2D eigenvalue weighted by Gasteiger charge is 2.36. The zero-order valence-electron chi connectivity index (χ0n) is 16.5. The van der Waals surface area contributed by atoms with Crippen molar-refractivity contribution in [2.24, 2.45) is 0 Å². The first kappa shape index (κ1) is 21.4.